The fraction of sp³-hybridized carbons (Fsp3) is 0.786. The maximum Gasteiger partial charge on any atom is 0.0695 e. The second-order valence-corrected chi connectivity index (χ2v) is 6.36. The number of rotatable bonds is 5. The Morgan fingerprint density at radius 1 is 1.56 bits per heavy atom. The van der Waals surface area contributed by atoms with Crippen LogP contribution in [0.2, 0.25) is 0 Å². The van der Waals surface area contributed by atoms with E-state index in [1.54, 1.807) is 0 Å². The molecule has 1 fully saturated rings. The second kappa shape index (κ2) is 6.20. The van der Waals surface area contributed by atoms with Gasteiger partial charge in [-0.2, -0.15) is 5.10 Å². The maximum atomic E-state index is 4.37. The van der Waals surface area contributed by atoms with Crippen molar-refractivity contribution >= 4 is 15.9 Å². The van der Waals surface area contributed by atoms with E-state index in [9.17, 15) is 0 Å². The molecule has 18 heavy (non-hydrogen) atoms. The quantitative estimate of drug-likeness (QED) is 0.899. The first-order chi connectivity index (χ1) is 8.65. The Labute approximate surface area is 118 Å². The maximum absolute atomic E-state index is 4.37. The predicted octanol–water partition coefficient (Wildman–Crippen LogP) is 3.66. The molecule has 1 aromatic heterocycles. The number of hydrogen-bond acceptors (Lipinski definition) is 2. The van der Waals surface area contributed by atoms with E-state index in [4.69, 9.17) is 0 Å². The first kappa shape index (κ1) is 14.1. The van der Waals surface area contributed by atoms with Gasteiger partial charge in [-0.15, -0.1) is 0 Å². The molecule has 1 saturated carbocycles. The molecule has 1 aromatic rings. The van der Waals surface area contributed by atoms with Gasteiger partial charge < -0.3 is 5.32 Å². The number of aromatic nitrogens is 2. The van der Waals surface area contributed by atoms with Crippen LogP contribution in [0.3, 0.4) is 0 Å². The van der Waals surface area contributed by atoms with E-state index in [0.29, 0.717) is 6.04 Å². The Kier molecular flexibility index (Phi) is 4.84. The molecule has 4 heteroatoms. The lowest BCUT2D eigenvalue weighted by atomic mass is 9.88. The van der Waals surface area contributed by atoms with Crippen LogP contribution in [0, 0.1) is 11.8 Å². The first-order valence-electron chi connectivity index (χ1n) is 7.06. The van der Waals surface area contributed by atoms with E-state index in [0.717, 1.165) is 22.9 Å². The number of hydrogen-bond donors (Lipinski definition) is 1. The van der Waals surface area contributed by atoms with Gasteiger partial charge in [-0.25, -0.2) is 0 Å². The van der Waals surface area contributed by atoms with Crippen molar-refractivity contribution in [2.75, 3.05) is 6.54 Å². The highest BCUT2D eigenvalue weighted by molar-refractivity contribution is 9.10. The summed E-state index contributed by atoms with van der Waals surface area (Å²) in [4.78, 5) is 0. The summed E-state index contributed by atoms with van der Waals surface area (Å²) in [6, 6.07) is 0.435. The highest BCUT2D eigenvalue weighted by Crippen LogP contribution is 2.41. The number of nitrogens with zero attached hydrogens (tertiary/aromatic N) is 2. The Bertz CT molecular complexity index is 369. The van der Waals surface area contributed by atoms with Crippen molar-refractivity contribution in [3.8, 4) is 0 Å². The molecule has 0 spiro atoms. The summed E-state index contributed by atoms with van der Waals surface area (Å²) in [6.45, 7) is 5.69. The largest absolute Gasteiger partial charge is 0.308 e. The highest BCUT2D eigenvalue weighted by Gasteiger charge is 2.34. The van der Waals surface area contributed by atoms with Gasteiger partial charge in [0.05, 0.1) is 22.4 Å². The molecular weight excluding hydrogens is 290 g/mol. The molecule has 0 aromatic carbocycles. The van der Waals surface area contributed by atoms with Gasteiger partial charge in [-0.1, -0.05) is 26.7 Å². The summed E-state index contributed by atoms with van der Waals surface area (Å²) < 4.78 is 3.15. The molecular formula is C14H24BrN3. The van der Waals surface area contributed by atoms with Crippen LogP contribution in [0.5, 0.6) is 0 Å². The summed E-state index contributed by atoms with van der Waals surface area (Å²) in [5, 5.41) is 8.11. The molecule has 3 unspecified atom stereocenters. The van der Waals surface area contributed by atoms with Crippen molar-refractivity contribution in [2.24, 2.45) is 18.9 Å². The minimum atomic E-state index is 0.435. The summed E-state index contributed by atoms with van der Waals surface area (Å²) in [7, 11) is 2.04. The van der Waals surface area contributed by atoms with Crippen LogP contribution >= 0.6 is 15.9 Å². The molecule has 102 valence electrons. The molecule has 0 bridgehead atoms. The molecule has 1 heterocycles. The van der Waals surface area contributed by atoms with Gasteiger partial charge >= 0.3 is 0 Å². The molecule has 0 aliphatic heterocycles. The zero-order chi connectivity index (χ0) is 13.1. The van der Waals surface area contributed by atoms with Gasteiger partial charge in [-0.05, 0) is 47.2 Å². The molecule has 3 nitrogen and oxygen atoms in total. The van der Waals surface area contributed by atoms with Crippen LogP contribution in [-0.2, 0) is 7.05 Å². The fourth-order valence-corrected chi connectivity index (χ4v) is 3.78. The van der Waals surface area contributed by atoms with Crippen LogP contribution in [0.1, 0.15) is 51.3 Å². The highest BCUT2D eigenvalue weighted by atomic mass is 79.9. The average Bonchev–Trinajstić information content (AvgIpc) is 2.90. The van der Waals surface area contributed by atoms with Crippen LogP contribution in [0.25, 0.3) is 0 Å². The van der Waals surface area contributed by atoms with Gasteiger partial charge in [-0.3, -0.25) is 4.68 Å². The van der Waals surface area contributed by atoms with Crippen LogP contribution in [-0.4, -0.2) is 16.3 Å². The van der Waals surface area contributed by atoms with Crippen LogP contribution < -0.4 is 5.32 Å². The van der Waals surface area contributed by atoms with E-state index < -0.39 is 0 Å². The zero-order valence-electron chi connectivity index (χ0n) is 11.6. The van der Waals surface area contributed by atoms with Gasteiger partial charge in [0.25, 0.3) is 0 Å². The summed E-state index contributed by atoms with van der Waals surface area (Å²) in [6.07, 6.45) is 7.15. The molecule has 2 rings (SSSR count). The summed E-state index contributed by atoms with van der Waals surface area (Å²) in [5.41, 5.74) is 1.31. The monoisotopic (exact) mass is 313 g/mol. The third-order valence-corrected chi connectivity index (χ3v) is 4.81. The molecule has 0 amide bonds. The van der Waals surface area contributed by atoms with Crippen molar-refractivity contribution < 1.29 is 0 Å². The van der Waals surface area contributed by atoms with Crippen molar-refractivity contribution in [2.45, 2.75) is 45.6 Å². The van der Waals surface area contributed by atoms with Crippen molar-refractivity contribution in [3.63, 3.8) is 0 Å². The van der Waals surface area contributed by atoms with Crippen LogP contribution in [0.15, 0.2) is 10.7 Å². The standard InChI is InChI=1S/C14H24BrN3/c1-4-8-16-13(11-7-5-6-10(11)2)14-12(15)9-17-18(14)3/h9-11,13,16H,4-8H2,1-3H3. The van der Waals surface area contributed by atoms with Crippen LogP contribution in [0.4, 0.5) is 0 Å². The Hall–Kier alpha value is -0.350. The molecule has 3 atom stereocenters. The molecule has 0 saturated heterocycles. The lowest BCUT2D eigenvalue weighted by molar-refractivity contribution is 0.290. The van der Waals surface area contributed by atoms with Gasteiger partial charge in [0.15, 0.2) is 0 Å². The smallest absolute Gasteiger partial charge is 0.0695 e. The molecule has 1 aliphatic rings. The molecule has 1 N–H and O–H groups in total. The SMILES string of the molecule is CCCNC(c1c(Br)cnn1C)C1CCCC1C. The average molecular weight is 314 g/mol. The lowest BCUT2D eigenvalue weighted by Crippen LogP contribution is -2.32. The van der Waals surface area contributed by atoms with Crippen molar-refractivity contribution in [3.05, 3.63) is 16.4 Å². The minimum absolute atomic E-state index is 0.435. The number of aryl methyl sites for hydroxylation is 1. The van der Waals surface area contributed by atoms with Gasteiger partial charge in [0.1, 0.15) is 0 Å². The van der Waals surface area contributed by atoms with Crippen molar-refractivity contribution in [1.29, 1.82) is 0 Å². The Morgan fingerprint density at radius 2 is 2.33 bits per heavy atom. The van der Waals surface area contributed by atoms with E-state index in [2.05, 4.69) is 40.2 Å². The molecule has 0 radical (unpaired) electrons. The lowest BCUT2D eigenvalue weighted by Gasteiger charge is -2.28. The fourth-order valence-electron chi connectivity index (χ4n) is 3.19. The third kappa shape index (κ3) is 2.80. The van der Waals surface area contributed by atoms with Crippen molar-refractivity contribution in [1.82, 2.24) is 15.1 Å². The third-order valence-electron chi connectivity index (χ3n) is 4.20. The first-order valence-corrected chi connectivity index (χ1v) is 7.85. The Balaban J connectivity index is 2.24. The van der Waals surface area contributed by atoms with Gasteiger partial charge in [0, 0.05) is 7.05 Å². The summed E-state index contributed by atoms with van der Waals surface area (Å²) >= 11 is 3.65. The minimum Gasteiger partial charge on any atom is -0.308 e. The van der Waals surface area contributed by atoms with E-state index in [-0.39, 0.29) is 0 Å². The predicted molar refractivity (Wildman–Crippen MR) is 78.4 cm³/mol. The van der Waals surface area contributed by atoms with E-state index >= 15 is 0 Å². The topological polar surface area (TPSA) is 29.9 Å². The van der Waals surface area contributed by atoms with E-state index in [1.807, 2.05) is 17.9 Å². The normalized spacial score (nSPS) is 25.6. The zero-order valence-corrected chi connectivity index (χ0v) is 13.2. The van der Waals surface area contributed by atoms with Gasteiger partial charge in [0.2, 0.25) is 0 Å². The molecule has 1 aliphatic carbocycles. The summed E-state index contributed by atoms with van der Waals surface area (Å²) in [5.74, 6) is 1.55. The number of halogens is 1. The Morgan fingerprint density at radius 3 is 2.83 bits per heavy atom. The van der Waals surface area contributed by atoms with E-state index in [1.165, 1.54) is 31.4 Å². The number of nitrogens with one attached hydrogen (secondary N) is 1. The second-order valence-electron chi connectivity index (χ2n) is 5.51.